The molecule has 1 saturated heterocycles. The van der Waals surface area contributed by atoms with Crippen LogP contribution in [0.25, 0.3) is 10.9 Å². The van der Waals surface area contributed by atoms with Gasteiger partial charge in [-0.25, -0.2) is 4.79 Å². The summed E-state index contributed by atoms with van der Waals surface area (Å²) < 4.78 is 5.32. The number of rotatable bonds is 2. The van der Waals surface area contributed by atoms with Crippen LogP contribution in [-0.4, -0.2) is 52.2 Å². The number of H-pyrrole nitrogens is 1. The van der Waals surface area contributed by atoms with E-state index in [4.69, 9.17) is 21.4 Å². The van der Waals surface area contributed by atoms with Crippen LogP contribution in [0.5, 0.6) is 0 Å². The van der Waals surface area contributed by atoms with E-state index in [9.17, 15) is 9.59 Å². The number of hydrogen-bond donors (Lipinski definition) is 2. The molecule has 2 N–H and O–H groups in total. The Kier molecular flexibility index (Phi) is 3.80. The molecule has 6 nitrogen and oxygen atoms in total. The van der Waals surface area contributed by atoms with E-state index in [1.807, 2.05) is 6.07 Å². The fourth-order valence-corrected chi connectivity index (χ4v) is 2.81. The van der Waals surface area contributed by atoms with Crippen molar-refractivity contribution in [1.29, 1.82) is 0 Å². The van der Waals surface area contributed by atoms with Crippen molar-refractivity contribution < 1.29 is 19.4 Å². The Balaban J connectivity index is 1.86. The first kappa shape index (κ1) is 14.9. The van der Waals surface area contributed by atoms with E-state index in [0.29, 0.717) is 17.3 Å². The Bertz CT molecular complexity index is 742. The number of halogens is 1. The molecule has 3 rings (SSSR count). The number of morpholine rings is 1. The van der Waals surface area contributed by atoms with Crippen molar-refractivity contribution in [2.24, 2.45) is 0 Å². The summed E-state index contributed by atoms with van der Waals surface area (Å²) in [6, 6.07) is 7.07. The quantitative estimate of drug-likeness (QED) is 0.887. The van der Waals surface area contributed by atoms with Crippen molar-refractivity contribution in [3.63, 3.8) is 0 Å². The Morgan fingerprint density at radius 1 is 1.36 bits per heavy atom. The second kappa shape index (κ2) is 5.62. The normalized spacial score (nSPS) is 22.0. The van der Waals surface area contributed by atoms with Gasteiger partial charge in [0, 0.05) is 22.5 Å². The van der Waals surface area contributed by atoms with Gasteiger partial charge in [-0.05, 0) is 25.1 Å². The molecule has 0 bridgehead atoms. The monoisotopic (exact) mass is 322 g/mol. The molecule has 1 unspecified atom stereocenters. The van der Waals surface area contributed by atoms with Gasteiger partial charge in [0.15, 0.2) is 6.10 Å². The van der Waals surface area contributed by atoms with Crippen molar-refractivity contribution in [1.82, 2.24) is 9.88 Å². The molecule has 1 aromatic carbocycles. The van der Waals surface area contributed by atoms with Crippen LogP contribution in [0, 0.1) is 0 Å². The van der Waals surface area contributed by atoms with E-state index >= 15 is 0 Å². The van der Waals surface area contributed by atoms with Gasteiger partial charge in [0.05, 0.1) is 12.6 Å². The summed E-state index contributed by atoms with van der Waals surface area (Å²) in [5, 5.41) is 10.5. The summed E-state index contributed by atoms with van der Waals surface area (Å²) in [5.74, 6) is -1.30. The van der Waals surface area contributed by atoms with Crippen molar-refractivity contribution >= 4 is 34.4 Å². The van der Waals surface area contributed by atoms with Crippen LogP contribution in [-0.2, 0) is 9.53 Å². The highest BCUT2D eigenvalue weighted by Crippen LogP contribution is 2.22. The molecule has 2 heterocycles. The average Bonchev–Trinajstić information content (AvgIpc) is 2.88. The van der Waals surface area contributed by atoms with Crippen LogP contribution >= 0.6 is 11.6 Å². The maximum Gasteiger partial charge on any atom is 0.334 e. The number of nitrogens with one attached hydrogen (secondary N) is 1. The number of benzene rings is 1. The number of fused-ring (bicyclic) bond motifs is 1. The lowest BCUT2D eigenvalue weighted by Crippen LogP contribution is -2.51. The average molecular weight is 323 g/mol. The number of aromatic nitrogens is 1. The van der Waals surface area contributed by atoms with Gasteiger partial charge >= 0.3 is 5.97 Å². The van der Waals surface area contributed by atoms with E-state index in [1.54, 1.807) is 25.1 Å². The standard InChI is InChI=1S/C15H15ClN2O4/c1-8-6-18(7-13(22-8)15(20)21)14(19)12-4-9-2-3-10(16)5-11(9)17-12/h2-5,8,13,17H,6-7H2,1H3,(H,20,21)/t8-,13?/m1/s1. The lowest BCUT2D eigenvalue weighted by atomic mass is 10.2. The summed E-state index contributed by atoms with van der Waals surface area (Å²) in [6.45, 7) is 2.15. The highest BCUT2D eigenvalue weighted by Gasteiger charge is 2.33. The van der Waals surface area contributed by atoms with Crippen LogP contribution in [0.3, 0.4) is 0 Å². The summed E-state index contributed by atoms with van der Waals surface area (Å²) in [5.41, 5.74) is 1.18. The van der Waals surface area contributed by atoms with E-state index in [0.717, 1.165) is 10.9 Å². The number of hydrogen-bond acceptors (Lipinski definition) is 3. The van der Waals surface area contributed by atoms with E-state index in [-0.39, 0.29) is 18.6 Å². The van der Waals surface area contributed by atoms with Crippen LogP contribution in [0.2, 0.25) is 5.02 Å². The van der Waals surface area contributed by atoms with Gasteiger partial charge in [-0.2, -0.15) is 0 Å². The number of carbonyl (C=O) groups excluding carboxylic acids is 1. The van der Waals surface area contributed by atoms with Crippen LogP contribution < -0.4 is 0 Å². The molecular weight excluding hydrogens is 308 g/mol. The highest BCUT2D eigenvalue weighted by atomic mass is 35.5. The van der Waals surface area contributed by atoms with Gasteiger partial charge in [0.25, 0.3) is 5.91 Å². The maximum absolute atomic E-state index is 12.6. The van der Waals surface area contributed by atoms with Gasteiger partial charge in [-0.3, -0.25) is 4.79 Å². The van der Waals surface area contributed by atoms with Crippen molar-refractivity contribution in [3.8, 4) is 0 Å². The van der Waals surface area contributed by atoms with E-state index < -0.39 is 12.1 Å². The predicted octanol–water partition coefficient (Wildman–Crippen LogP) is 2.14. The van der Waals surface area contributed by atoms with Gasteiger partial charge in [0.2, 0.25) is 0 Å². The second-order valence-corrected chi connectivity index (χ2v) is 5.83. The van der Waals surface area contributed by atoms with E-state index in [1.165, 1.54) is 4.90 Å². The number of carbonyl (C=O) groups is 2. The third-order valence-corrected chi connectivity index (χ3v) is 3.87. The number of ether oxygens (including phenoxy) is 1. The zero-order valence-electron chi connectivity index (χ0n) is 11.9. The number of carboxylic acids is 1. The number of aliphatic carboxylic acids is 1. The first-order chi connectivity index (χ1) is 10.4. The molecule has 0 radical (unpaired) electrons. The smallest absolute Gasteiger partial charge is 0.334 e. The maximum atomic E-state index is 12.6. The van der Waals surface area contributed by atoms with Crippen molar-refractivity contribution in [2.75, 3.05) is 13.1 Å². The molecule has 0 aliphatic carbocycles. The zero-order valence-corrected chi connectivity index (χ0v) is 12.6. The van der Waals surface area contributed by atoms with Gasteiger partial charge in [-0.1, -0.05) is 17.7 Å². The minimum atomic E-state index is -1.06. The minimum Gasteiger partial charge on any atom is -0.479 e. The number of nitrogens with zero attached hydrogens (tertiary/aromatic N) is 1. The van der Waals surface area contributed by atoms with Crippen LogP contribution in [0.1, 0.15) is 17.4 Å². The third-order valence-electron chi connectivity index (χ3n) is 3.64. The largest absolute Gasteiger partial charge is 0.479 e. The Morgan fingerprint density at radius 3 is 2.86 bits per heavy atom. The molecular formula is C15H15ClN2O4. The summed E-state index contributed by atoms with van der Waals surface area (Å²) in [6.07, 6.45) is -1.32. The van der Waals surface area contributed by atoms with Gasteiger partial charge in [0.1, 0.15) is 5.69 Å². The minimum absolute atomic E-state index is 0.0363. The first-order valence-corrected chi connectivity index (χ1v) is 7.27. The zero-order chi connectivity index (χ0) is 15.9. The molecule has 1 aliphatic heterocycles. The van der Waals surface area contributed by atoms with E-state index in [2.05, 4.69) is 4.98 Å². The molecule has 2 aromatic rings. The second-order valence-electron chi connectivity index (χ2n) is 5.40. The van der Waals surface area contributed by atoms with Crippen molar-refractivity contribution in [3.05, 3.63) is 35.0 Å². The Labute approximate surface area is 131 Å². The molecule has 1 fully saturated rings. The molecule has 116 valence electrons. The Hall–Kier alpha value is -2.05. The lowest BCUT2D eigenvalue weighted by Gasteiger charge is -2.34. The lowest BCUT2D eigenvalue weighted by molar-refractivity contribution is -0.160. The number of amides is 1. The SMILES string of the molecule is C[C@@H]1CN(C(=O)c2cc3ccc(Cl)cc3[nH]2)CC(C(=O)O)O1. The number of carboxylic acid groups (broad SMARTS) is 1. The summed E-state index contributed by atoms with van der Waals surface area (Å²) >= 11 is 5.93. The number of aromatic amines is 1. The fraction of sp³-hybridized carbons (Fsp3) is 0.333. The van der Waals surface area contributed by atoms with Gasteiger partial charge in [-0.15, -0.1) is 0 Å². The molecule has 1 aromatic heterocycles. The molecule has 22 heavy (non-hydrogen) atoms. The molecule has 2 atom stereocenters. The summed E-state index contributed by atoms with van der Waals surface area (Å²) in [4.78, 5) is 28.2. The van der Waals surface area contributed by atoms with Crippen molar-refractivity contribution in [2.45, 2.75) is 19.1 Å². The van der Waals surface area contributed by atoms with Crippen LogP contribution in [0.15, 0.2) is 24.3 Å². The third kappa shape index (κ3) is 2.80. The predicted molar refractivity (Wildman–Crippen MR) is 81.2 cm³/mol. The highest BCUT2D eigenvalue weighted by molar-refractivity contribution is 6.31. The summed E-state index contributed by atoms with van der Waals surface area (Å²) in [7, 11) is 0. The Morgan fingerprint density at radius 2 is 2.14 bits per heavy atom. The molecule has 7 heteroatoms. The fourth-order valence-electron chi connectivity index (χ4n) is 2.64. The molecule has 0 saturated carbocycles. The van der Waals surface area contributed by atoms with Gasteiger partial charge < -0.3 is 19.7 Å². The topological polar surface area (TPSA) is 82.6 Å². The van der Waals surface area contributed by atoms with Crippen LogP contribution in [0.4, 0.5) is 0 Å². The molecule has 1 amide bonds. The molecule has 0 spiro atoms. The first-order valence-electron chi connectivity index (χ1n) is 6.90. The molecule has 1 aliphatic rings.